The maximum absolute atomic E-state index is 12.0. The van der Waals surface area contributed by atoms with E-state index in [9.17, 15) is 9.90 Å². The molecule has 110 valence electrons. The molecule has 22 heavy (non-hydrogen) atoms. The maximum Gasteiger partial charge on any atom is 0.275 e. The molecule has 1 heterocycles. The van der Waals surface area contributed by atoms with Gasteiger partial charge in [-0.05, 0) is 25.1 Å². The number of aromatic amines is 1. The quantitative estimate of drug-likeness (QED) is 0.513. The Hall–Kier alpha value is -3.08. The lowest BCUT2D eigenvalue weighted by atomic mass is 10.1. The van der Waals surface area contributed by atoms with Crippen LogP contribution in [0.5, 0.6) is 5.75 Å². The van der Waals surface area contributed by atoms with Crippen LogP contribution < -0.4 is 5.43 Å². The van der Waals surface area contributed by atoms with Crippen LogP contribution in [0.4, 0.5) is 0 Å². The van der Waals surface area contributed by atoms with Crippen molar-refractivity contribution in [2.75, 3.05) is 0 Å². The maximum atomic E-state index is 12.0. The van der Waals surface area contributed by atoms with Crippen molar-refractivity contribution in [3.63, 3.8) is 0 Å². The predicted molar refractivity (Wildman–Crippen MR) is 86.1 cm³/mol. The molecule has 2 aromatic carbocycles. The number of para-hydroxylation sites is 2. The topological polar surface area (TPSA) is 77.5 Å². The summed E-state index contributed by atoms with van der Waals surface area (Å²) < 4.78 is 0. The minimum absolute atomic E-state index is 0.0695. The van der Waals surface area contributed by atoms with Gasteiger partial charge in [-0.15, -0.1) is 0 Å². The van der Waals surface area contributed by atoms with Gasteiger partial charge in [-0.3, -0.25) is 4.79 Å². The van der Waals surface area contributed by atoms with E-state index < -0.39 is 5.91 Å². The van der Waals surface area contributed by atoms with Gasteiger partial charge in [0.2, 0.25) is 0 Å². The van der Waals surface area contributed by atoms with Crippen LogP contribution in [-0.4, -0.2) is 21.7 Å². The highest BCUT2D eigenvalue weighted by atomic mass is 16.3. The van der Waals surface area contributed by atoms with Crippen molar-refractivity contribution in [1.82, 2.24) is 10.4 Å². The van der Waals surface area contributed by atoms with E-state index >= 15 is 0 Å². The van der Waals surface area contributed by atoms with Crippen LogP contribution in [0.25, 0.3) is 10.9 Å². The summed E-state index contributed by atoms with van der Waals surface area (Å²) in [5.41, 5.74) is 5.28. The van der Waals surface area contributed by atoms with Crippen LogP contribution in [0.3, 0.4) is 0 Å². The molecular weight excluding hydrogens is 278 g/mol. The zero-order chi connectivity index (χ0) is 15.5. The number of phenols is 1. The van der Waals surface area contributed by atoms with Crippen LogP contribution in [0.15, 0.2) is 59.8 Å². The van der Waals surface area contributed by atoms with Gasteiger partial charge in [0.25, 0.3) is 5.91 Å². The Balaban J connectivity index is 1.83. The van der Waals surface area contributed by atoms with Crippen LogP contribution in [0.2, 0.25) is 0 Å². The van der Waals surface area contributed by atoms with E-state index in [1.54, 1.807) is 18.2 Å². The number of nitrogens with zero attached hydrogens (tertiary/aromatic N) is 1. The molecule has 3 N–H and O–H groups in total. The summed E-state index contributed by atoms with van der Waals surface area (Å²) in [7, 11) is 0. The summed E-state index contributed by atoms with van der Waals surface area (Å²) in [6.45, 7) is 1.82. The Bertz CT molecular complexity index is 865. The molecule has 5 heteroatoms. The fourth-order valence-electron chi connectivity index (χ4n) is 2.29. The summed E-state index contributed by atoms with van der Waals surface area (Å²) in [6, 6.07) is 14.2. The molecule has 3 rings (SSSR count). The third-order valence-electron chi connectivity index (χ3n) is 3.45. The first-order chi connectivity index (χ1) is 10.7. The van der Waals surface area contributed by atoms with Crippen molar-refractivity contribution >= 4 is 22.5 Å². The Morgan fingerprint density at radius 1 is 1.09 bits per heavy atom. The molecule has 0 spiro atoms. The molecule has 0 aliphatic rings. The summed E-state index contributed by atoms with van der Waals surface area (Å²) in [4.78, 5) is 15.2. The Morgan fingerprint density at radius 2 is 1.82 bits per heavy atom. The second-order valence-electron chi connectivity index (χ2n) is 4.90. The van der Waals surface area contributed by atoms with Crippen LogP contribution in [0.1, 0.15) is 22.8 Å². The van der Waals surface area contributed by atoms with Gasteiger partial charge in [-0.25, -0.2) is 5.43 Å². The van der Waals surface area contributed by atoms with Gasteiger partial charge in [0.05, 0.1) is 11.3 Å². The lowest BCUT2D eigenvalue weighted by molar-refractivity contribution is 0.0952. The van der Waals surface area contributed by atoms with Crippen molar-refractivity contribution < 1.29 is 9.90 Å². The number of benzene rings is 2. The summed E-state index contributed by atoms with van der Waals surface area (Å²) in [5.74, 6) is -0.516. The number of H-pyrrole nitrogens is 1. The van der Waals surface area contributed by atoms with Gasteiger partial charge in [0.1, 0.15) is 5.75 Å². The molecular formula is C17H15N3O2. The fourth-order valence-corrected chi connectivity index (χ4v) is 2.29. The zero-order valence-electron chi connectivity index (χ0n) is 12.0. The lowest BCUT2D eigenvalue weighted by Crippen LogP contribution is -2.19. The highest BCUT2D eigenvalue weighted by Gasteiger charge is 2.10. The van der Waals surface area contributed by atoms with Crippen LogP contribution >= 0.6 is 0 Å². The normalized spacial score (nSPS) is 11.6. The number of amides is 1. The Labute approximate surface area is 127 Å². The number of phenolic OH excluding ortho intramolecular Hbond substituents is 1. The summed E-state index contributed by atoms with van der Waals surface area (Å²) in [5, 5.41) is 14.8. The first-order valence-electron chi connectivity index (χ1n) is 6.86. The van der Waals surface area contributed by atoms with E-state index in [-0.39, 0.29) is 11.3 Å². The number of carbonyl (C=O) groups excluding carboxylic acids is 1. The SMILES string of the molecule is C/C(=N/NC(=O)c1ccccc1O)c1c[nH]c2ccccc12. The molecule has 5 nitrogen and oxygen atoms in total. The van der Waals surface area contributed by atoms with Gasteiger partial charge in [0.15, 0.2) is 0 Å². The third kappa shape index (κ3) is 2.56. The van der Waals surface area contributed by atoms with Crippen molar-refractivity contribution in [3.05, 3.63) is 65.9 Å². The second-order valence-corrected chi connectivity index (χ2v) is 4.90. The van der Waals surface area contributed by atoms with Gasteiger partial charge < -0.3 is 10.1 Å². The molecule has 1 amide bonds. The summed E-state index contributed by atoms with van der Waals surface area (Å²) in [6.07, 6.45) is 1.86. The van der Waals surface area contributed by atoms with Crippen molar-refractivity contribution in [2.24, 2.45) is 5.10 Å². The fraction of sp³-hybridized carbons (Fsp3) is 0.0588. The van der Waals surface area contributed by atoms with E-state index in [0.29, 0.717) is 5.71 Å². The van der Waals surface area contributed by atoms with Gasteiger partial charge in [-0.1, -0.05) is 30.3 Å². The predicted octanol–water partition coefficient (Wildman–Crippen LogP) is 3.03. The average molecular weight is 293 g/mol. The molecule has 3 aromatic rings. The van der Waals surface area contributed by atoms with Crippen molar-refractivity contribution in [1.29, 1.82) is 0 Å². The van der Waals surface area contributed by atoms with Gasteiger partial charge >= 0.3 is 0 Å². The highest BCUT2D eigenvalue weighted by Crippen LogP contribution is 2.18. The molecule has 0 atom stereocenters. The molecule has 0 bridgehead atoms. The molecule has 1 aromatic heterocycles. The Kier molecular flexibility index (Phi) is 3.62. The molecule has 0 saturated carbocycles. The number of nitrogens with one attached hydrogen (secondary N) is 2. The monoisotopic (exact) mass is 293 g/mol. The Morgan fingerprint density at radius 3 is 2.64 bits per heavy atom. The number of rotatable bonds is 3. The highest BCUT2D eigenvalue weighted by molar-refractivity contribution is 6.10. The van der Waals surface area contributed by atoms with Gasteiger partial charge in [-0.2, -0.15) is 5.10 Å². The van der Waals surface area contributed by atoms with Gasteiger partial charge in [0, 0.05) is 22.7 Å². The zero-order valence-corrected chi connectivity index (χ0v) is 12.0. The molecule has 0 unspecified atom stereocenters. The number of fused-ring (bicyclic) bond motifs is 1. The molecule has 0 fully saturated rings. The number of hydrogen-bond donors (Lipinski definition) is 3. The van der Waals surface area contributed by atoms with E-state index in [2.05, 4.69) is 15.5 Å². The first kappa shape index (κ1) is 13.9. The van der Waals surface area contributed by atoms with E-state index in [1.807, 2.05) is 37.4 Å². The number of hydrazone groups is 1. The van der Waals surface area contributed by atoms with E-state index in [1.165, 1.54) is 6.07 Å². The largest absolute Gasteiger partial charge is 0.507 e. The molecule has 0 radical (unpaired) electrons. The molecule has 0 saturated heterocycles. The third-order valence-corrected chi connectivity index (χ3v) is 3.45. The van der Waals surface area contributed by atoms with E-state index in [0.717, 1.165) is 16.5 Å². The lowest BCUT2D eigenvalue weighted by Gasteiger charge is -2.04. The number of carbonyl (C=O) groups is 1. The van der Waals surface area contributed by atoms with Crippen molar-refractivity contribution in [2.45, 2.75) is 6.92 Å². The molecule has 0 aliphatic carbocycles. The number of hydrogen-bond acceptors (Lipinski definition) is 3. The van der Waals surface area contributed by atoms with Crippen LogP contribution in [-0.2, 0) is 0 Å². The second kappa shape index (κ2) is 5.73. The number of aromatic nitrogens is 1. The van der Waals surface area contributed by atoms with Crippen molar-refractivity contribution in [3.8, 4) is 5.75 Å². The minimum Gasteiger partial charge on any atom is -0.507 e. The smallest absolute Gasteiger partial charge is 0.275 e. The standard InChI is InChI=1S/C17H15N3O2/c1-11(14-10-18-15-8-4-2-6-12(14)15)19-20-17(22)13-7-3-5-9-16(13)21/h2-10,18,21H,1H3,(H,20,22)/b19-11-. The summed E-state index contributed by atoms with van der Waals surface area (Å²) >= 11 is 0. The first-order valence-corrected chi connectivity index (χ1v) is 6.86. The molecule has 0 aliphatic heterocycles. The number of aromatic hydroxyl groups is 1. The van der Waals surface area contributed by atoms with E-state index in [4.69, 9.17) is 0 Å². The average Bonchev–Trinajstić information content (AvgIpc) is 2.97. The minimum atomic E-state index is -0.447. The van der Waals surface area contributed by atoms with Crippen LogP contribution in [0, 0.1) is 0 Å².